The molecule has 2 rings (SSSR count). The number of hydrogen-bond donors (Lipinski definition) is 1. The van der Waals surface area contributed by atoms with Crippen molar-refractivity contribution in [2.75, 3.05) is 6.54 Å². The van der Waals surface area contributed by atoms with Crippen LogP contribution in [0.2, 0.25) is 0 Å². The molecule has 0 spiro atoms. The summed E-state index contributed by atoms with van der Waals surface area (Å²) in [4.78, 5) is 16.1. The topological polar surface area (TPSA) is 42.0 Å². The summed E-state index contributed by atoms with van der Waals surface area (Å²) in [5.74, 6) is -0.482. The Labute approximate surface area is 111 Å². The van der Waals surface area contributed by atoms with Crippen LogP contribution in [-0.4, -0.2) is 17.4 Å². The van der Waals surface area contributed by atoms with Crippen molar-refractivity contribution >= 4 is 16.8 Å². The fraction of sp³-hybridized carbons (Fsp3) is 0.333. The van der Waals surface area contributed by atoms with E-state index in [1.54, 1.807) is 12.1 Å². The van der Waals surface area contributed by atoms with E-state index in [0.29, 0.717) is 23.0 Å². The first-order chi connectivity index (χ1) is 9.20. The van der Waals surface area contributed by atoms with Crippen molar-refractivity contribution in [3.8, 4) is 0 Å². The van der Waals surface area contributed by atoms with Crippen LogP contribution in [-0.2, 0) is 0 Å². The largest absolute Gasteiger partial charge is 0.352 e. The van der Waals surface area contributed by atoms with Gasteiger partial charge in [0.15, 0.2) is 0 Å². The Balaban J connectivity index is 2.09. The highest BCUT2D eigenvalue weighted by molar-refractivity contribution is 5.97. The molecule has 0 saturated carbocycles. The van der Waals surface area contributed by atoms with Gasteiger partial charge in [-0.25, -0.2) is 4.39 Å². The molecule has 1 heterocycles. The zero-order valence-electron chi connectivity index (χ0n) is 10.9. The van der Waals surface area contributed by atoms with Crippen LogP contribution in [0.15, 0.2) is 30.5 Å². The Hall–Kier alpha value is -1.97. The maximum Gasteiger partial charge on any atom is 0.252 e. The molecule has 1 aromatic carbocycles. The second kappa shape index (κ2) is 6.27. The SMILES string of the molecule is CCCCCNC(=O)c1cnc2ccc(F)cc2c1. The van der Waals surface area contributed by atoms with Gasteiger partial charge in [-0.1, -0.05) is 19.8 Å². The molecule has 0 aliphatic carbocycles. The number of carbonyl (C=O) groups is 1. The summed E-state index contributed by atoms with van der Waals surface area (Å²) in [5, 5.41) is 3.48. The van der Waals surface area contributed by atoms with Crippen LogP contribution in [0.4, 0.5) is 4.39 Å². The quantitative estimate of drug-likeness (QED) is 0.838. The lowest BCUT2D eigenvalue weighted by Crippen LogP contribution is -2.24. The highest BCUT2D eigenvalue weighted by atomic mass is 19.1. The number of rotatable bonds is 5. The standard InChI is InChI=1S/C15H17FN2O/c1-2-3-4-7-17-15(19)12-8-11-9-13(16)5-6-14(11)18-10-12/h5-6,8-10H,2-4,7H2,1H3,(H,17,19). The first kappa shape index (κ1) is 13.5. The number of unbranched alkanes of at least 4 members (excludes halogenated alkanes) is 2. The van der Waals surface area contributed by atoms with Crippen LogP contribution in [0.3, 0.4) is 0 Å². The minimum absolute atomic E-state index is 0.158. The average Bonchev–Trinajstić information content (AvgIpc) is 2.42. The van der Waals surface area contributed by atoms with Gasteiger partial charge in [0.2, 0.25) is 0 Å². The van der Waals surface area contributed by atoms with Crippen LogP contribution >= 0.6 is 0 Å². The molecule has 0 saturated heterocycles. The van der Waals surface area contributed by atoms with Crippen LogP contribution in [0.5, 0.6) is 0 Å². The zero-order chi connectivity index (χ0) is 13.7. The predicted molar refractivity (Wildman–Crippen MR) is 73.6 cm³/mol. The molecule has 19 heavy (non-hydrogen) atoms. The minimum Gasteiger partial charge on any atom is -0.352 e. The Morgan fingerprint density at radius 3 is 2.95 bits per heavy atom. The van der Waals surface area contributed by atoms with Gasteiger partial charge in [-0.3, -0.25) is 9.78 Å². The maximum atomic E-state index is 13.1. The van der Waals surface area contributed by atoms with Crippen molar-refractivity contribution in [3.63, 3.8) is 0 Å². The van der Waals surface area contributed by atoms with Crippen LogP contribution in [0, 0.1) is 5.82 Å². The number of nitrogens with zero attached hydrogens (tertiary/aromatic N) is 1. The summed E-state index contributed by atoms with van der Waals surface area (Å²) in [5.41, 5.74) is 1.15. The molecule has 0 unspecified atom stereocenters. The molecular formula is C15H17FN2O. The van der Waals surface area contributed by atoms with Crippen LogP contribution in [0.25, 0.3) is 10.9 Å². The van der Waals surface area contributed by atoms with Crippen molar-refractivity contribution in [2.24, 2.45) is 0 Å². The van der Waals surface area contributed by atoms with E-state index in [9.17, 15) is 9.18 Å². The smallest absolute Gasteiger partial charge is 0.252 e. The second-order valence-corrected chi connectivity index (χ2v) is 4.52. The van der Waals surface area contributed by atoms with E-state index in [1.807, 2.05) is 0 Å². The van der Waals surface area contributed by atoms with E-state index in [0.717, 1.165) is 19.3 Å². The number of carbonyl (C=O) groups excluding carboxylic acids is 1. The number of hydrogen-bond acceptors (Lipinski definition) is 2. The molecular weight excluding hydrogens is 243 g/mol. The van der Waals surface area contributed by atoms with Gasteiger partial charge in [-0.15, -0.1) is 0 Å². The number of fused-ring (bicyclic) bond motifs is 1. The van der Waals surface area contributed by atoms with Gasteiger partial charge in [0.25, 0.3) is 5.91 Å². The Kier molecular flexibility index (Phi) is 4.44. The van der Waals surface area contributed by atoms with Crippen LogP contribution < -0.4 is 5.32 Å². The predicted octanol–water partition coefficient (Wildman–Crippen LogP) is 3.29. The van der Waals surface area contributed by atoms with Crippen molar-refractivity contribution in [3.05, 3.63) is 41.8 Å². The van der Waals surface area contributed by atoms with Gasteiger partial charge in [-0.2, -0.15) is 0 Å². The Morgan fingerprint density at radius 1 is 1.32 bits per heavy atom. The Morgan fingerprint density at radius 2 is 2.16 bits per heavy atom. The van der Waals surface area contributed by atoms with E-state index < -0.39 is 0 Å². The maximum absolute atomic E-state index is 13.1. The molecule has 0 bridgehead atoms. The van der Waals surface area contributed by atoms with E-state index >= 15 is 0 Å². The number of halogens is 1. The van der Waals surface area contributed by atoms with Gasteiger partial charge >= 0.3 is 0 Å². The Bertz CT molecular complexity index is 583. The van der Waals surface area contributed by atoms with E-state index in [2.05, 4.69) is 17.2 Å². The molecule has 1 N–H and O–H groups in total. The summed E-state index contributed by atoms with van der Waals surface area (Å²) in [6.07, 6.45) is 4.71. The molecule has 1 aromatic heterocycles. The highest BCUT2D eigenvalue weighted by Crippen LogP contribution is 2.14. The molecule has 0 fully saturated rings. The second-order valence-electron chi connectivity index (χ2n) is 4.52. The third-order valence-electron chi connectivity index (χ3n) is 2.97. The number of pyridine rings is 1. The third kappa shape index (κ3) is 3.50. The van der Waals surface area contributed by atoms with Crippen molar-refractivity contribution in [1.29, 1.82) is 0 Å². The lowest BCUT2D eigenvalue weighted by atomic mass is 10.1. The first-order valence-electron chi connectivity index (χ1n) is 6.54. The number of benzene rings is 1. The summed E-state index contributed by atoms with van der Waals surface area (Å²) in [7, 11) is 0. The fourth-order valence-electron chi connectivity index (χ4n) is 1.91. The van der Waals surface area contributed by atoms with E-state index in [-0.39, 0.29) is 11.7 Å². The number of amides is 1. The first-order valence-corrected chi connectivity index (χ1v) is 6.54. The van der Waals surface area contributed by atoms with Crippen molar-refractivity contribution in [1.82, 2.24) is 10.3 Å². The molecule has 1 amide bonds. The summed E-state index contributed by atoms with van der Waals surface area (Å²) in [6, 6.07) is 6.02. The van der Waals surface area contributed by atoms with Gasteiger partial charge < -0.3 is 5.32 Å². The monoisotopic (exact) mass is 260 g/mol. The van der Waals surface area contributed by atoms with Crippen LogP contribution in [0.1, 0.15) is 36.5 Å². The summed E-state index contributed by atoms with van der Waals surface area (Å²) < 4.78 is 13.1. The molecule has 4 heteroatoms. The van der Waals surface area contributed by atoms with Gasteiger partial charge in [-0.05, 0) is 30.7 Å². The lowest BCUT2D eigenvalue weighted by Gasteiger charge is -2.05. The molecule has 0 atom stereocenters. The number of nitrogens with one attached hydrogen (secondary N) is 1. The van der Waals surface area contributed by atoms with Gasteiger partial charge in [0.05, 0.1) is 11.1 Å². The fourth-order valence-corrected chi connectivity index (χ4v) is 1.91. The molecule has 2 aromatic rings. The normalized spacial score (nSPS) is 10.6. The third-order valence-corrected chi connectivity index (χ3v) is 2.97. The van der Waals surface area contributed by atoms with Gasteiger partial charge in [0.1, 0.15) is 5.82 Å². The van der Waals surface area contributed by atoms with E-state index in [4.69, 9.17) is 0 Å². The average molecular weight is 260 g/mol. The molecule has 0 aliphatic heterocycles. The van der Waals surface area contributed by atoms with Gasteiger partial charge in [0, 0.05) is 18.1 Å². The molecule has 3 nitrogen and oxygen atoms in total. The molecule has 100 valence electrons. The van der Waals surface area contributed by atoms with Crippen molar-refractivity contribution in [2.45, 2.75) is 26.2 Å². The zero-order valence-corrected chi connectivity index (χ0v) is 10.9. The summed E-state index contributed by atoms with van der Waals surface area (Å²) >= 11 is 0. The lowest BCUT2D eigenvalue weighted by molar-refractivity contribution is 0.0953. The highest BCUT2D eigenvalue weighted by Gasteiger charge is 2.07. The minimum atomic E-state index is -0.324. The molecule has 0 aliphatic rings. The number of aromatic nitrogens is 1. The van der Waals surface area contributed by atoms with Crippen molar-refractivity contribution < 1.29 is 9.18 Å². The summed E-state index contributed by atoms with van der Waals surface area (Å²) in [6.45, 7) is 2.78. The van der Waals surface area contributed by atoms with E-state index in [1.165, 1.54) is 18.3 Å². The molecule has 0 radical (unpaired) electrons.